The number of likely N-dealkylation sites (N-methyl/N-ethyl adjacent to an activating group) is 1. The van der Waals surface area contributed by atoms with Crippen molar-refractivity contribution in [1.29, 1.82) is 0 Å². The van der Waals surface area contributed by atoms with Gasteiger partial charge in [-0.25, -0.2) is 4.79 Å². The lowest BCUT2D eigenvalue weighted by Crippen LogP contribution is -2.46. The van der Waals surface area contributed by atoms with Crippen molar-refractivity contribution in [2.75, 3.05) is 20.7 Å². The van der Waals surface area contributed by atoms with Gasteiger partial charge in [0.2, 0.25) is 0 Å². The van der Waals surface area contributed by atoms with Crippen molar-refractivity contribution in [2.45, 2.75) is 19.1 Å². The van der Waals surface area contributed by atoms with Gasteiger partial charge in [-0.3, -0.25) is 4.90 Å². The molecule has 1 heterocycles. The summed E-state index contributed by atoms with van der Waals surface area (Å²) in [5, 5.41) is 9.84. The van der Waals surface area contributed by atoms with Gasteiger partial charge in [0.25, 0.3) is 0 Å². The Labute approximate surface area is 94.6 Å². The largest absolute Gasteiger partial charge is 0.468 e. The van der Waals surface area contributed by atoms with Crippen molar-refractivity contribution < 1.29 is 19.1 Å². The minimum Gasteiger partial charge on any atom is -0.468 e. The molecule has 1 rings (SSSR count). The summed E-state index contributed by atoms with van der Waals surface area (Å²) >= 11 is 0. The van der Waals surface area contributed by atoms with Crippen LogP contribution in [-0.4, -0.2) is 42.3 Å². The lowest BCUT2D eigenvalue weighted by Gasteiger charge is -2.25. The van der Waals surface area contributed by atoms with Crippen LogP contribution in [0, 0.1) is 0 Å². The van der Waals surface area contributed by atoms with Gasteiger partial charge in [-0.2, -0.15) is 0 Å². The molecule has 0 spiro atoms. The van der Waals surface area contributed by atoms with Crippen molar-refractivity contribution >= 4 is 5.97 Å². The van der Waals surface area contributed by atoms with Crippen LogP contribution in [0.2, 0.25) is 0 Å². The van der Waals surface area contributed by atoms with Gasteiger partial charge in [0.05, 0.1) is 19.9 Å². The van der Waals surface area contributed by atoms with Crippen LogP contribution in [0.1, 0.15) is 12.7 Å². The van der Waals surface area contributed by atoms with E-state index < -0.39 is 11.6 Å². The molecule has 5 nitrogen and oxygen atoms in total. The normalized spacial score (nSPS) is 14.8. The minimum absolute atomic E-state index is 0.181. The number of rotatable bonds is 5. The summed E-state index contributed by atoms with van der Waals surface area (Å²) in [6.45, 7) is 2.14. The van der Waals surface area contributed by atoms with E-state index in [9.17, 15) is 9.90 Å². The Kier molecular flexibility index (Phi) is 4.09. The Morgan fingerprint density at radius 1 is 1.69 bits per heavy atom. The first kappa shape index (κ1) is 12.7. The molecule has 0 aliphatic heterocycles. The van der Waals surface area contributed by atoms with Crippen LogP contribution in [0.5, 0.6) is 0 Å². The summed E-state index contributed by atoms with van der Waals surface area (Å²) in [5.74, 6) is 0.141. The molecule has 0 saturated heterocycles. The van der Waals surface area contributed by atoms with E-state index in [0.29, 0.717) is 6.54 Å². The number of ether oxygens (including phenoxy) is 1. The molecular weight excluding hydrogens is 210 g/mol. The number of carbonyl (C=O) groups is 1. The first-order valence-electron chi connectivity index (χ1n) is 4.97. The van der Waals surface area contributed by atoms with Gasteiger partial charge in [-0.15, -0.1) is 0 Å². The molecule has 0 aliphatic carbocycles. The highest BCUT2D eigenvalue weighted by Crippen LogP contribution is 2.10. The molecule has 0 radical (unpaired) electrons. The zero-order valence-corrected chi connectivity index (χ0v) is 9.77. The van der Waals surface area contributed by atoms with E-state index in [0.717, 1.165) is 5.76 Å². The molecule has 0 aromatic carbocycles. The van der Waals surface area contributed by atoms with Gasteiger partial charge < -0.3 is 14.3 Å². The number of carbonyl (C=O) groups excluding carboxylic acids is 1. The molecule has 0 bridgehead atoms. The smallest absolute Gasteiger partial charge is 0.338 e. The third-order valence-corrected chi connectivity index (χ3v) is 2.21. The molecule has 1 unspecified atom stereocenters. The average molecular weight is 227 g/mol. The second-order valence-electron chi connectivity index (χ2n) is 4.02. The number of hydrogen-bond acceptors (Lipinski definition) is 5. The molecule has 90 valence electrons. The number of aliphatic hydroxyl groups is 1. The zero-order valence-electron chi connectivity index (χ0n) is 9.77. The molecule has 16 heavy (non-hydrogen) atoms. The first-order chi connectivity index (χ1) is 7.45. The monoisotopic (exact) mass is 227 g/mol. The van der Waals surface area contributed by atoms with Crippen LogP contribution in [0.4, 0.5) is 0 Å². The molecular formula is C11H17NO4. The summed E-state index contributed by atoms with van der Waals surface area (Å²) in [7, 11) is 3.04. The maximum atomic E-state index is 11.2. The number of nitrogens with zero attached hydrogens (tertiary/aromatic N) is 1. The van der Waals surface area contributed by atoms with Gasteiger partial charge in [0.15, 0.2) is 5.60 Å². The van der Waals surface area contributed by atoms with Gasteiger partial charge in [-0.1, -0.05) is 0 Å². The SMILES string of the molecule is COC(=O)C(C)(O)CN(C)Cc1ccco1. The Hall–Kier alpha value is -1.33. The van der Waals surface area contributed by atoms with E-state index in [-0.39, 0.29) is 6.54 Å². The minimum atomic E-state index is -1.50. The van der Waals surface area contributed by atoms with Gasteiger partial charge >= 0.3 is 5.97 Å². The number of furan rings is 1. The summed E-state index contributed by atoms with van der Waals surface area (Å²) < 4.78 is 9.68. The fraction of sp³-hybridized carbons (Fsp3) is 0.545. The Morgan fingerprint density at radius 3 is 2.88 bits per heavy atom. The van der Waals surface area contributed by atoms with Crippen molar-refractivity contribution in [3.8, 4) is 0 Å². The second kappa shape index (κ2) is 5.14. The molecule has 1 aromatic heterocycles. The Morgan fingerprint density at radius 2 is 2.38 bits per heavy atom. The molecule has 0 amide bonds. The van der Waals surface area contributed by atoms with Crippen molar-refractivity contribution in [1.82, 2.24) is 4.90 Å². The topological polar surface area (TPSA) is 62.9 Å². The summed E-state index contributed by atoms with van der Waals surface area (Å²) in [4.78, 5) is 13.0. The van der Waals surface area contributed by atoms with Crippen LogP contribution in [0.25, 0.3) is 0 Å². The van der Waals surface area contributed by atoms with E-state index in [1.165, 1.54) is 14.0 Å². The molecule has 0 saturated carbocycles. The van der Waals surface area contributed by atoms with E-state index in [2.05, 4.69) is 4.74 Å². The van der Waals surface area contributed by atoms with E-state index in [1.54, 1.807) is 24.3 Å². The number of esters is 1. The maximum absolute atomic E-state index is 11.2. The standard InChI is InChI=1S/C11H17NO4/c1-11(14,10(13)15-3)8-12(2)7-9-5-4-6-16-9/h4-6,14H,7-8H2,1-3H3. The van der Waals surface area contributed by atoms with Crippen LogP contribution < -0.4 is 0 Å². The van der Waals surface area contributed by atoms with Crippen molar-refractivity contribution in [2.24, 2.45) is 0 Å². The lowest BCUT2D eigenvalue weighted by atomic mass is 10.1. The van der Waals surface area contributed by atoms with Gasteiger partial charge in [-0.05, 0) is 26.1 Å². The quantitative estimate of drug-likeness (QED) is 0.748. The van der Waals surface area contributed by atoms with Crippen LogP contribution in [0.3, 0.4) is 0 Å². The maximum Gasteiger partial charge on any atom is 0.338 e. The second-order valence-corrected chi connectivity index (χ2v) is 4.02. The van der Waals surface area contributed by atoms with Crippen molar-refractivity contribution in [3.05, 3.63) is 24.2 Å². The fourth-order valence-electron chi connectivity index (χ4n) is 1.53. The van der Waals surface area contributed by atoms with E-state index in [1.807, 2.05) is 6.07 Å². The average Bonchev–Trinajstić information content (AvgIpc) is 2.67. The summed E-state index contributed by atoms with van der Waals surface area (Å²) in [6, 6.07) is 3.63. The molecule has 1 aromatic rings. The molecule has 1 atom stereocenters. The first-order valence-corrected chi connectivity index (χ1v) is 4.97. The third kappa shape index (κ3) is 3.36. The zero-order chi connectivity index (χ0) is 12.2. The number of methoxy groups -OCH3 is 1. The van der Waals surface area contributed by atoms with Crippen molar-refractivity contribution in [3.63, 3.8) is 0 Å². The van der Waals surface area contributed by atoms with Crippen LogP contribution >= 0.6 is 0 Å². The highest BCUT2D eigenvalue weighted by molar-refractivity contribution is 5.78. The highest BCUT2D eigenvalue weighted by Gasteiger charge is 2.32. The summed E-state index contributed by atoms with van der Waals surface area (Å²) in [5.41, 5.74) is -1.50. The van der Waals surface area contributed by atoms with Gasteiger partial charge in [0, 0.05) is 6.54 Å². The van der Waals surface area contributed by atoms with E-state index >= 15 is 0 Å². The predicted octanol–water partition coefficient (Wildman–Crippen LogP) is 0.635. The Balaban J connectivity index is 2.50. The number of hydrogen-bond donors (Lipinski definition) is 1. The predicted molar refractivity (Wildman–Crippen MR) is 57.7 cm³/mol. The highest BCUT2D eigenvalue weighted by atomic mass is 16.5. The van der Waals surface area contributed by atoms with E-state index in [4.69, 9.17) is 4.42 Å². The molecule has 1 N–H and O–H groups in total. The van der Waals surface area contributed by atoms with Gasteiger partial charge in [0.1, 0.15) is 5.76 Å². The summed E-state index contributed by atoms with van der Waals surface area (Å²) in [6.07, 6.45) is 1.58. The molecule has 0 fully saturated rings. The van der Waals surface area contributed by atoms with Crippen LogP contribution in [0.15, 0.2) is 22.8 Å². The molecule has 5 heteroatoms. The Bertz CT molecular complexity index is 332. The fourth-order valence-corrected chi connectivity index (χ4v) is 1.53. The molecule has 0 aliphatic rings. The van der Waals surface area contributed by atoms with Crippen LogP contribution in [-0.2, 0) is 16.1 Å². The third-order valence-electron chi connectivity index (χ3n) is 2.21. The lowest BCUT2D eigenvalue weighted by molar-refractivity contribution is -0.162.